The van der Waals surface area contributed by atoms with E-state index in [0.29, 0.717) is 18.5 Å². The van der Waals surface area contributed by atoms with Crippen LogP contribution in [0.4, 0.5) is 0 Å². The number of aliphatic hydroxyl groups excluding tert-OH is 1. The largest absolute Gasteiger partial charge is 0.396 e. The highest BCUT2D eigenvalue weighted by molar-refractivity contribution is 5.73. The van der Waals surface area contributed by atoms with Crippen molar-refractivity contribution in [2.45, 2.75) is 70.5 Å². The SMILES string of the molecule is CC(=O)N(Cc1ccccc1)C1CCC(c2ccc(CNCCCCO)cc2)CC1. The molecule has 30 heavy (non-hydrogen) atoms. The standard InChI is InChI=1S/C26H36N2O2/c1-21(30)28(20-23-7-3-2-4-8-23)26-15-13-25(14-16-26)24-11-9-22(10-12-24)19-27-17-5-6-18-29/h2-4,7-12,25-27,29H,5-6,13-20H2,1H3. The Hall–Kier alpha value is -2.17. The van der Waals surface area contributed by atoms with E-state index in [1.54, 1.807) is 6.92 Å². The molecule has 1 amide bonds. The van der Waals surface area contributed by atoms with Crippen LogP contribution >= 0.6 is 0 Å². The van der Waals surface area contributed by atoms with Crippen molar-refractivity contribution < 1.29 is 9.90 Å². The summed E-state index contributed by atoms with van der Waals surface area (Å²) >= 11 is 0. The van der Waals surface area contributed by atoms with Crippen molar-refractivity contribution in [2.24, 2.45) is 0 Å². The van der Waals surface area contributed by atoms with Crippen molar-refractivity contribution >= 4 is 5.91 Å². The number of benzene rings is 2. The molecule has 0 aromatic heterocycles. The maximum Gasteiger partial charge on any atom is 0.219 e. The van der Waals surface area contributed by atoms with Crippen LogP contribution in [0.25, 0.3) is 0 Å². The molecule has 0 unspecified atom stereocenters. The van der Waals surface area contributed by atoms with Crippen LogP contribution in [0.3, 0.4) is 0 Å². The number of rotatable bonds is 10. The molecule has 4 heteroatoms. The monoisotopic (exact) mass is 408 g/mol. The van der Waals surface area contributed by atoms with Gasteiger partial charge in [0.1, 0.15) is 0 Å². The minimum atomic E-state index is 0.179. The van der Waals surface area contributed by atoms with Crippen LogP contribution in [0.2, 0.25) is 0 Å². The van der Waals surface area contributed by atoms with Gasteiger partial charge in [-0.25, -0.2) is 0 Å². The normalized spacial score (nSPS) is 18.9. The van der Waals surface area contributed by atoms with Gasteiger partial charge in [0, 0.05) is 32.7 Å². The molecule has 0 saturated heterocycles. The first-order valence-corrected chi connectivity index (χ1v) is 11.4. The number of amides is 1. The van der Waals surface area contributed by atoms with Crippen molar-refractivity contribution in [2.75, 3.05) is 13.2 Å². The molecule has 2 aromatic rings. The van der Waals surface area contributed by atoms with Crippen LogP contribution in [0, 0.1) is 0 Å². The smallest absolute Gasteiger partial charge is 0.219 e. The van der Waals surface area contributed by atoms with Crippen LogP contribution in [0.1, 0.15) is 68.1 Å². The zero-order chi connectivity index (χ0) is 21.2. The third-order valence-electron chi connectivity index (χ3n) is 6.28. The summed E-state index contributed by atoms with van der Waals surface area (Å²) in [6, 6.07) is 19.7. The fourth-order valence-corrected chi connectivity index (χ4v) is 4.50. The van der Waals surface area contributed by atoms with Crippen LogP contribution in [0.5, 0.6) is 0 Å². The molecule has 2 aromatic carbocycles. The quantitative estimate of drug-likeness (QED) is 0.564. The van der Waals surface area contributed by atoms with Crippen molar-refractivity contribution in [3.8, 4) is 0 Å². The number of nitrogens with zero attached hydrogens (tertiary/aromatic N) is 1. The van der Waals surface area contributed by atoms with Gasteiger partial charge in [0.2, 0.25) is 5.91 Å². The van der Waals surface area contributed by atoms with Gasteiger partial charge in [-0.1, -0.05) is 54.6 Å². The van der Waals surface area contributed by atoms with Gasteiger partial charge in [0.15, 0.2) is 0 Å². The van der Waals surface area contributed by atoms with Gasteiger partial charge in [-0.2, -0.15) is 0 Å². The summed E-state index contributed by atoms with van der Waals surface area (Å²) in [7, 11) is 0. The second-order valence-electron chi connectivity index (χ2n) is 8.49. The number of carbonyl (C=O) groups excluding carboxylic acids is 1. The maximum absolute atomic E-state index is 12.3. The van der Waals surface area contributed by atoms with E-state index in [9.17, 15) is 4.79 Å². The number of hydrogen-bond donors (Lipinski definition) is 2. The van der Waals surface area contributed by atoms with Gasteiger partial charge in [-0.3, -0.25) is 4.79 Å². The van der Waals surface area contributed by atoms with Gasteiger partial charge < -0.3 is 15.3 Å². The Morgan fingerprint density at radius 3 is 2.30 bits per heavy atom. The first-order chi connectivity index (χ1) is 14.7. The first-order valence-electron chi connectivity index (χ1n) is 11.4. The van der Waals surface area contributed by atoms with Crippen molar-refractivity contribution in [1.82, 2.24) is 10.2 Å². The van der Waals surface area contributed by atoms with Crippen molar-refractivity contribution in [3.63, 3.8) is 0 Å². The molecule has 0 spiro atoms. The van der Waals surface area contributed by atoms with Gasteiger partial charge in [-0.05, 0) is 67.7 Å². The molecule has 0 radical (unpaired) electrons. The number of unbranched alkanes of at least 4 members (excludes halogenated alkanes) is 1. The summed E-state index contributed by atoms with van der Waals surface area (Å²) in [5.41, 5.74) is 3.94. The van der Waals surface area contributed by atoms with Crippen molar-refractivity contribution in [3.05, 3.63) is 71.3 Å². The number of carbonyl (C=O) groups is 1. The first kappa shape index (κ1) is 22.5. The number of aliphatic hydroxyl groups is 1. The highest BCUT2D eigenvalue weighted by Gasteiger charge is 2.28. The molecule has 0 heterocycles. The molecule has 2 N–H and O–H groups in total. The average molecular weight is 409 g/mol. The average Bonchev–Trinajstić information content (AvgIpc) is 2.78. The zero-order valence-electron chi connectivity index (χ0n) is 18.2. The van der Waals surface area contributed by atoms with Gasteiger partial charge in [0.05, 0.1) is 0 Å². The zero-order valence-corrected chi connectivity index (χ0v) is 18.2. The Bertz CT molecular complexity index is 752. The third-order valence-corrected chi connectivity index (χ3v) is 6.28. The molecule has 0 aliphatic heterocycles. The fraction of sp³-hybridized carbons (Fsp3) is 0.500. The third kappa shape index (κ3) is 6.68. The second-order valence-corrected chi connectivity index (χ2v) is 8.49. The Labute approximate surface area is 181 Å². The topological polar surface area (TPSA) is 52.6 Å². The molecular formula is C26H36N2O2. The highest BCUT2D eigenvalue weighted by Crippen LogP contribution is 2.35. The fourth-order valence-electron chi connectivity index (χ4n) is 4.50. The van der Waals surface area contributed by atoms with Crippen molar-refractivity contribution in [1.29, 1.82) is 0 Å². The summed E-state index contributed by atoms with van der Waals surface area (Å²) < 4.78 is 0. The van der Waals surface area contributed by atoms with Crippen LogP contribution in [0.15, 0.2) is 54.6 Å². The molecule has 1 saturated carbocycles. The summed E-state index contributed by atoms with van der Waals surface area (Å²) in [5, 5.41) is 12.3. The summed E-state index contributed by atoms with van der Waals surface area (Å²) in [6.45, 7) is 4.51. The molecule has 0 bridgehead atoms. The minimum Gasteiger partial charge on any atom is -0.396 e. The van der Waals surface area contributed by atoms with E-state index in [2.05, 4.69) is 46.6 Å². The molecular weight excluding hydrogens is 372 g/mol. The number of nitrogens with one attached hydrogen (secondary N) is 1. The lowest BCUT2D eigenvalue weighted by Crippen LogP contribution is -2.40. The number of hydrogen-bond acceptors (Lipinski definition) is 3. The van der Waals surface area contributed by atoms with E-state index < -0.39 is 0 Å². The Kier molecular flexibility index (Phi) is 8.91. The molecule has 0 atom stereocenters. The maximum atomic E-state index is 12.3. The molecule has 4 nitrogen and oxygen atoms in total. The molecule has 1 fully saturated rings. The Balaban J connectivity index is 1.48. The van der Waals surface area contributed by atoms with Crippen LogP contribution in [-0.2, 0) is 17.9 Å². The second kappa shape index (κ2) is 11.9. The summed E-state index contributed by atoms with van der Waals surface area (Å²) in [6.07, 6.45) is 6.31. The Morgan fingerprint density at radius 2 is 1.67 bits per heavy atom. The predicted molar refractivity (Wildman–Crippen MR) is 122 cm³/mol. The highest BCUT2D eigenvalue weighted by atomic mass is 16.2. The van der Waals surface area contributed by atoms with E-state index >= 15 is 0 Å². The molecule has 162 valence electrons. The molecule has 3 rings (SSSR count). The lowest BCUT2D eigenvalue weighted by Gasteiger charge is -2.37. The molecule has 1 aliphatic rings. The van der Waals surface area contributed by atoms with Gasteiger partial charge >= 0.3 is 0 Å². The lowest BCUT2D eigenvalue weighted by molar-refractivity contribution is -0.132. The lowest BCUT2D eigenvalue weighted by atomic mass is 9.81. The van der Waals surface area contributed by atoms with Gasteiger partial charge in [-0.15, -0.1) is 0 Å². The van der Waals surface area contributed by atoms with E-state index in [0.717, 1.165) is 51.6 Å². The van der Waals surface area contributed by atoms with Crippen LogP contribution in [-0.4, -0.2) is 35.1 Å². The predicted octanol–water partition coefficient (Wildman–Crippen LogP) is 4.62. The summed E-state index contributed by atoms with van der Waals surface area (Å²) in [4.78, 5) is 14.4. The Morgan fingerprint density at radius 1 is 0.967 bits per heavy atom. The van der Waals surface area contributed by atoms with E-state index in [1.807, 2.05) is 18.2 Å². The summed E-state index contributed by atoms with van der Waals surface area (Å²) in [5.74, 6) is 0.775. The molecule has 1 aliphatic carbocycles. The van der Waals surface area contributed by atoms with E-state index in [4.69, 9.17) is 5.11 Å². The minimum absolute atomic E-state index is 0.179. The van der Waals surface area contributed by atoms with E-state index in [1.165, 1.54) is 16.7 Å². The van der Waals surface area contributed by atoms with Crippen LogP contribution < -0.4 is 5.32 Å². The van der Waals surface area contributed by atoms with Gasteiger partial charge in [0.25, 0.3) is 0 Å². The van der Waals surface area contributed by atoms with E-state index in [-0.39, 0.29) is 12.5 Å².